The molecular formula is C5H5N3. The molecule has 0 amide bonds. The normalized spacial score (nSPS) is 32.2. The maximum absolute atomic E-state index is 8.02. The van der Waals surface area contributed by atoms with Crippen molar-refractivity contribution in [3.05, 3.63) is 0 Å². The number of hydrogen-bond donors (Lipinski definition) is 1. The molecular weight excluding hydrogens is 102 g/mol. The van der Waals surface area contributed by atoms with Gasteiger partial charge in [0, 0.05) is 6.54 Å². The van der Waals surface area contributed by atoms with Gasteiger partial charge in [-0.3, -0.25) is 5.43 Å². The molecule has 2 atom stereocenters. The minimum absolute atomic E-state index is 0.148. The summed E-state index contributed by atoms with van der Waals surface area (Å²) in [5.41, 5.74) is 2.42. The van der Waals surface area contributed by atoms with E-state index < -0.39 is 0 Å². The second-order valence-electron chi connectivity index (χ2n) is 1.56. The van der Waals surface area contributed by atoms with Gasteiger partial charge in [-0.05, 0) is 0 Å². The van der Waals surface area contributed by atoms with Crippen molar-refractivity contribution in [3.63, 3.8) is 0 Å². The van der Waals surface area contributed by atoms with Gasteiger partial charge in [0.1, 0.15) is 6.04 Å². The molecule has 0 saturated carbocycles. The van der Waals surface area contributed by atoms with Gasteiger partial charge in [0.25, 0.3) is 0 Å². The van der Waals surface area contributed by atoms with Crippen molar-refractivity contribution < 1.29 is 0 Å². The first kappa shape index (κ1) is 4.96. The number of hydrogen-bond acceptors (Lipinski definition) is 3. The van der Waals surface area contributed by atoms with Crippen LogP contribution in [0, 0.1) is 23.8 Å². The Kier molecular flexibility index (Phi) is 1.07. The standard InChI is InChI=1S/C5H5N3/c1-2-5-3-8(5)7-4-6/h1,5,7H,3H2. The molecule has 1 aliphatic heterocycles. The van der Waals surface area contributed by atoms with Gasteiger partial charge in [-0.2, -0.15) is 10.3 Å². The van der Waals surface area contributed by atoms with Crippen molar-refractivity contribution in [2.24, 2.45) is 0 Å². The average Bonchev–Trinajstić information content (AvgIpc) is 2.48. The average molecular weight is 107 g/mol. The first-order valence-corrected chi connectivity index (χ1v) is 2.26. The number of terminal acetylenes is 1. The summed E-state index contributed by atoms with van der Waals surface area (Å²) in [4.78, 5) is 0. The molecule has 0 aromatic rings. The summed E-state index contributed by atoms with van der Waals surface area (Å²) >= 11 is 0. The predicted molar refractivity (Wildman–Crippen MR) is 28.1 cm³/mol. The van der Waals surface area contributed by atoms with E-state index in [1.165, 1.54) is 0 Å². The van der Waals surface area contributed by atoms with Crippen molar-refractivity contribution in [2.45, 2.75) is 6.04 Å². The molecule has 1 rings (SSSR count). The van der Waals surface area contributed by atoms with E-state index in [2.05, 4.69) is 11.3 Å². The SMILES string of the molecule is C#CC1CN1NC#N. The van der Waals surface area contributed by atoms with Crippen molar-refractivity contribution in [1.82, 2.24) is 10.4 Å². The highest BCUT2D eigenvalue weighted by Crippen LogP contribution is 2.09. The maximum Gasteiger partial charge on any atom is 0.192 e. The minimum Gasteiger partial charge on any atom is -0.254 e. The highest BCUT2D eigenvalue weighted by Gasteiger charge is 2.31. The first-order valence-electron chi connectivity index (χ1n) is 2.26. The van der Waals surface area contributed by atoms with Crippen LogP contribution in [0.2, 0.25) is 0 Å². The van der Waals surface area contributed by atoms with Crippen LogP contribution in [0.1, 0.15) is 0 Å². The molecule has 1 aliphatic rings. The molecule has 40 valence electrons. The molecule has 2 unspecified atom stereocenters. The molecule has 3 nitrogen and oxygen atoms in total. The second kappa shape index (κ2) is 1.73. The summed E-state index contributed by atoms with van der Waals surface area (Å²) in [7, 11) is 0. The van der Waals surface area contributed by atoms with Gasteiger partial charge in [0.2, 0.25) is 0 Å². The summed E-state index contributed by atoms with van der Waals surface area (Å²) in [5, 5.41) is 9.70. The smallest absolute Gasteiger partial charge is 0.192 e. The molecule has 1 N–H and O–H groups in total. The number of nitrogens with zero attached hydrogens (tertiary/aromatic N) is 2. The van der Waals surface area contributed by atoms with Crippen LogP contribution in [0.3, 0.4) is 0 Å². The number of nitrogens with one attached hydrogen (secondary N) is 1. The monoisotopic (exact) mass is 107 g/mol. The fraction of sp³-hybridized carbons (Fsp3) is 0.400. The molecule has 8 heavy (non-hydrogen) atoms. The zero-order chi connectivity index (χ0) is 5.98. The van der Waals surface area contributed by atoms with Gasteiger partial charge in [-0.1, -0.05) is 5.92 Å². The third-order valence-corrected chi connectivity index (χ3v) is 0.998. The number of hydrazine groups is 1. The predicted octanol–water partition coefficient (Wildman–Crippen LogP) is -0.711. The van der Waals surface area contributed by atoms with E-state index in [9.17, 15) is 0 Å². The molecule has 0 spiro atoms. The van der Waals surface area contributed by atoms with Crippen LogP contribution in [0.4, 0.5) is 0 Å². The minimum atomic E-state index is 0.148. The van der Waals surface area contributed by atoms with Crippen LogP contribution in [0.15, 0.2) is 0 Å². The Morgan fingerprint density at radius 2 is 2.62 bits per heavy atom. The fourth-order valence-electron chi connectivity index (χ4n) is 0.470. The van der Waals surface area contributed by atoms with Crippen LogP contribution in [0.25, 0.3) is 0 Å². The van der Waals surface area contributed by atoms with Crippen molar-refractivity contribution >= 4 is 0 Å². The van der Waals surface area contributed by atoms with Crippen LogP contribution in [0.5, 0.6) is 0 Å². The van der Waals surface area contributed by atoms with E-state index in [4.69, 9.17) is 11.7 Å². The van der Waals surface area contributed by atoms with Gasteiger partial charge in [0.15, 0.2) is 6.19 Å². The summed E-state index contributed by atoms with van der Waals surface area (Å²) in [6, 6.07) is 0.148. The second-order valence-corrected chi connectivity index (χ2v) is 1.56. The Hall–Kier alpha value is -1.19. The van der Waals surface area contributed by atoms with Gasteiger partial charge < -0.3 is 0 Å². The summed E-state index contributed by atoms with van der Waals surface area (Å²) in [6.45, 7) is 0.796. The van der Waals surface area contributed by atoms with E-state index in [-0.39, 0.29) is 6.04 Å². The van der Waals surface area contributed by atoms with Crippen LogP contribution < -0.4 is 5.43 Å². The van der Waals surface area contributed by atoms with Crippen molar-refractivity contribution in [2.75, 3.05) is 6.54 Å². The van der Waals surface area contributed by atoms with Crippen molar-refractivity contribution in [3.8, 4) is 18.5 Å². The summed E-state index contributed by atoms with van der Waals surface area (Å²) in [6.07, 6.45) is 6.79. The Morgan fingerprint density at radius 1 is 1.88 bits per heavy atom. The third kappa shape index (κ3) is 0.726. The number of nitriles is 1. The lowest BCUT2D eigenvalue weighted by Gasteiger charge is -1.89. The van der Waals surface area contributed by atoms with Gasteiger partial charge in [-0.15, -0.1) is 6.42 Å². The maximum atomic E-state index is 8.02. The van der Waals surface area contributed by atoms with E-state index >= 15 is 0 Å². The Bertz CT molecular complexity index is 161. The molecule has 3 heteroatoms. The van der Waals surface area contributed by atoms with Gasteiger partial charge in [0.05, 0.1) is 0 Å². The van der Waals surface area contributed by atoms with E-state index in [0.29, 0.717) is 0 Å². The molecule has 0 aromatic heterocycles. The third-order valence-electron chi connectivity index (χ3n) is 0.998. The summed E-state index contributed by atoms with van der Waals surface area (Å²) < 4.78 is 0. The zero-order valence-electron chi connectivity index (χ0n) is 4.26. The lowest BCUT2D eigenvalue weighted by molar-refractivity contribution is 0.472. The summed E-state index contributed by atoms with van der Waals surface area (Å²) in [5.74, 6) is 2.49. The quantitative estimate of drug-likeness (QED) is 0.208. The van der Waals surface area contributed by atoms with Crippen LogP contribution >= 0.6 is 0 Å². The molecule has 0 radical (unpaired) electrons. The number of rotatable bonds is 1. The van der Waals surface area contributed by atoms with E-state index in [1.54, 1.807) is 11.2 Å². The molecule has 1 saturated heterocycles. The van der Waals surface area contributed by atoms with Gasteiger partial charge >= 0.3 is 0 Å². The lowest BCUT2D eigenvalue weighted by atomic mass is 10.5. The Morgan fingerprint density at radius 3 is 3.00 bits per heavy atom. The van der Waals surface area contributed by atoms with Crippen LogP contribution in [-0.4, -0.2) is 17.6 Å². The lowest BCUT2D eigenvalue weighted by Crippen LogP contribution is -2.15. The molecule has 1 fully saturated rings. The van der Waals surface area contributed by atoms with Crippen molar-refractivity contribution in [1.29, 1.82) is 5.26 Å². The highest BCUT2D eigenvalue weighted by atomic mass is 15.6. The molecule has 0 aliphatic carbocycles. The first-order chi connectivity index (χ1) is 3.88. The topological polar surface area (TPSA) is 38.8 Å². The fourth-order valence-corrected chi connectivity index (χ4v) is 0.470. The molecule has 0 bridgehead atoms. The Labute approximate surface area is 47.9 Å². The highest BCUT2D eigenvalue weighted by molar-refractivity contribution is 5.10. The van der Waals surface area contributed by atoms with E-state index in [1.807, 2.05) is 0 Å². The Balaban J connectivity index is 2.22. The van der Waals surface area contributed by atoms with Crippen LogP contribution in [-0.2, 0) is 0 Å². The molecule has 0 aromatic carbocycles. The zero-order valence-corrected chi connectivity index (χ0v) is 4.26. The molecule has 1 heterocycles. The van der Waals surface area contributed by atoms with Gasteiger partial charge in [-0.25, -0.2) is 0 Å². The van der Waals surface area contributed by atoms with E-state index in [0.717, 1.165) is 6.54 Å². The largest absolute Gasteiger partial charge is 0.254 e.